The van der Waals surface area contributed by atoms with Crippen LogP contribution in [0.25, 0.3) is 0 Å². The highest BCUT2D eigenvalue weighted by molar-refractivity contribution is 7.99. The summed E-state index contributed by atoms with van der Waals surface area (Å²) in [6, 6.07) is 11.7. The lowest BCUT2D eigenvalue weighted by Crippen LogP contribution is -2.05. The summed E-state index contributed by atoms with van der Waals surface area (Å²) in [6.45, 7) is 0. The zero-order valence-electron chi connectivity index (χ0n) is 9.80. The maximum absolute atomic E-state index is 11.8. The van der Waals surface area contributed by atoms with Crippen LogP contribution in [0.3, 0.4) is 0 Å². The number of fused-ring (bicyclic) bond motifs is 4. The van der Waals surface area contributed by atoms with Gasteiger partial charge < -0.3 is 4.74 Å². The summed E-state index contributed by atoms with van der Waals surface area (Å²) in [7, 11) is 0. The van der Waals surface area contributed by atoms with Gasteiger partial charge in [-0.05, 0) is 29.7 Å². The molecule has 19 heavy (non-hydrogen) atoms. The van der Waals surface area contributed by atoms with Gasteiger partial charge in [-0.25, -0.2) is 9.59 Å². The largest absolute Gasteiger partial charge is 0.386 e. The number of rotatable bonds is 0. The first kappa shape index (κ1) is 10.8. The highest BCUT2D eigenvalue weighted by atomic mass is 32.2. The summed E-state index contributed by atoms with van der Waals surface area (Å²) in [5.74, 6) is -1.06. The van der Waals surface area contributed by atoms with Gasteiger partial charge in [0, 0.05) is 9.79 Å². The van der Waals surface area contributed by atoms with Crippen molar-refractivity contribution in [3.8, 4) is 0 Å². The van der Waals surface area contributed by atoms with Crippen molar-refractivity contribution in [3.05, 3.63) is 58.7 Å². The number of hydrogen-bond donors (Lipinski definition) is 0. The number of hydrogen-bond acceptors (Lipinski definition) is 4. The van der Waals surface area contributed by atoms with Gasteiger partial charge in [-0.15, -0.1) is 0 Å². The zero-order valence-corrected chi connectivity index (χ0v) is 10.6. The molecule has 0 spiro atoms. The lowest BCUT2D eigenvalue weighted by Gasteiger charge is -2.19. The maximum Gasteiger partial charge on any atom is 0.348 e. The van der Waals surface area contributed by atoms with Gasteiger partial charge in [0.2, 0.25) is 0 Å². The fraction of sp³-hybridized carbons (Fsp3) is 0.0667. The Balaban J connectivity index is 1.94. The molecule has 2 aliphatic rings. The summed E-state index contributed by atoms with van der Waals surface area (Å²) >= 11 is 1.54. The van der Waals surface area contributed by atoms with E-state index in [2.05, 4.69) is 6.07 Å². The predicted octanol–water partition coefficient (Wildman–Crippen LogP) is 3.05. The fourth-order valence-electron chi connectivity index (χ4n) is 2.51. The van der Waals surface area contributed by atoms with Crippen LogP contribution in [0.4, 0.5) is 0 Å². The van der Waals surface area contributed by atoms with Crippen molar-refractivity contribution in [2.45, 2.75) is 16.2 Å². The first-order valence-electron chi connectivity index (χ1n) is 5.92. The SMILES string of the molecule is O=C1OC(=O)c2c1ccc1c2Sc2ccccc2C1. The molecular weight excluding hydrogens is 260 g/mol. The van der Waals surface area contributed by atoms with Crippen molar-refractivity contribution >= 4 is 23.7 Å². The molecule has 0 N–H and O–H groups in total. The summed E-state index contributed by atoms with van der Waals surface area (Å²) in [5, 5.41) is 0. The Bertz CT molecular complexity index is 749. The minimum atomic E-state index is -0.540. The molecule has 2 aliphatic heterocycles. The van der Waals surface area contributed by atoms with Crippen LogP contribution in [-0.2, 0) is 11.2 Å². The predicted molar refractivity (Wildman–Crippen MR) is 69.6 cm³/mol. The molecule has 0 bridgehead atoms. The van der Waals surface area contributed by atoms with Crippen molar-refractivity contribution in [3.63, 3.8) is 0 Å². The molecule has 0 saturated heterocycles. The second kappa shape index (κ2) is 3.71. The molecule has 3 nitrogen and oxygen atoms in total. The number of carbonyl (C=O) groups is 2. The van der Waals surface area contributed by atoms with E-state index in [1.165, 1.54) is 5.56 Å². The molecule has 0 radical (unpaired) electrons. The van der Waals surface area contributed by atoms with Gasteiger partial charge in [0.25, 0.3) is 0 Å². The van der Waals surface area contributed by atoms with Crippen LogP contribution in [0.2, 0.25) is 0 Å². The average Bonchev–Trinajstić information content (AvgIpc) is 2.72. The molecule has 2 aromatic carbocycles. The van der Waals surface area contributed by atoms with Gasteiger partial charge in [-0.1, -0.05) is 36.0 Å². The minimum absolute atomic E-state index is 0.385. The van der Waals surface area contributed by atoms with Crippen molar-refractivity contribution < 1.29 is 14.3 Å². The summed E-state index contributed by atoms with van der Waals surface area (Å²) in [6.07, 6.45) is 0.785. The third-order valence-electron chi connectivity index (χ3n) is 3.41. The third-order valence-corrected chi connectivity index (χ3v) is 4.70. The molecule has 0 aromatic heterocycles. The van der Waals surface area contributed by atoms with Crippen LogP contribution in [0.1, 0.15) is 31.8 Å². The van der Waals surface area contributed by atoms with Crippen molar-refractivity contribution in [1.82, 2.24) is 0 Å². The lowest BCUT2D eigenvalue weighted by molar-refractivity contribution is 0.0442. The molecule has 92 valence electrons. The minimum Gasteiger partial charge on any atom is -0.386 e. The van der Waals surface area contributed by atoms with Gasteiger partial charge in [0.15, 0.2) is 0 Å². The number of benzene rings is 2. The number of ether oxygens (including phenoxy) is 1. The van der Waals surface area contributed by atoms with Crippen molar-refractivity contribution in [2.24, 2.45) is 0 Å². The lowest BCUT2D eigenvalue weighted by atomic mass is 9.99. The van der Waals surface area contributed by atoms with E-state index in [1.807, 2.05) is 24.3 Å². The molecule has 4 rings (SSSR count). The summed E-state index contributed by atoms with van der Waals surface area (Å²) < 4.78 is 4.69. The Kier molecular flexibility index (Phi) is 2.11. The monoisotopic (exact) mass is 268 g/mol. The van der Waals surface area contributed by atoms with Crippen molar-refractivity contribution in [2.75, 3.05) is 0 Å². The van der Waals surface area contributed by atoms with Crippen LogP contribution < -0.4 is 0 Å². The molecule has 2 heterocycles. The van der Waals surface area contributed by atoms with E-state index in [0.717, 1.165) is 21.8 Å². The Morgan fingerprint density at radius 1 is 0.947 bits per heavy atom. The highest BCUT2D eigenvalue weighted by Crippen LogP contribution is 2.43. The van der Waals surface area contributed by atoms with Crippen LogP contribution in [0.15, 0.2) is 46.2 Å². The molecular formula is C15H8O3S. The van der Waals surface area contributed by atoms with E-state index in [-0.39, 0.29) is 0 Å². The standard InChI is InChI=1S/C15H8O3S/c16-14-10-6-5-9-7-8-3-1-2-4-11(8)19-13(9)12(10)15(17)18-14/h1-6H,7H2. The highest BCUT2D eigenvalue weighted by Gasteiger charge is 2.35. The topological polar surface area (TPSA) is 43.4 Å². The fourth-order valence-corrected chi connectivity index (χ4v) is 3.71. The van der Waals surface area contributed by atoms with E-state index in [9.17, 15) is 9.59 Å². The van der Waals surface area contributed by atoms with Crippen molar-refractivity contribution in [1.29, 1.82) is 0 Å². The Morgan fingerprint density at radius 3 is 2.68 bits per heavy atom. The normalized spacial score (nSPS) is 15.6. The van der Waals surface area contributed by atoms with Crippen LogP contribution in [0, 0.1) is 0 Å². The first-order chi connectivity index (χ1) is 9.24. The van der Waals surface area contributed by atoms with Gasteiger partial charge in [0.1, 0.15) is 0 Å². The van der Waals surface area contributed by atoms with E-state index in [1.54, 1.807) is 17.8 Å². The molecule has 0 fully saturated rings. The molecule has 0 atom stereocenters. The van der Waals surface area contributed by atoms with E-state index < -0.39 is 11.9 Å². The molecule has 4 heteroatoms. The first-order valence-corrected chi connectivity index (χ1v) is 6.74. The second-order valence-corrected chi connectivity index (χ2v) is 5.59. The van der Waals surface area contributed by atoms with Gasteiger partial charge >= 0.3 is 11.9 Å². The second-order valence-electron chi connectivity index (χ2n) is 4.54. The molecule has 0 amide bonds. The molecule has 0 unspecified atom stereocenters. The Hall–Kier alpha value is -2.07. The van der Waals surface area contributed by atoms with Crippen LogP contribution in [0.5, 0.6) is 0 Å². The molecule has 0 saturated carbocycles. The third kappa shape index (κ3) is 1.47. The van der Waals surface area contributed by atoms with Crippen LogP contribution >= 0.6 is 11.8 Å². The van der Waals surface area contributed by atoms with Gasteiger partial charge in [0.05, 0.1) is 11.1 Å². The van der Waals surface area contributed by atoms with Gasteiger partial charge in [-0.2, -0.15) is 0 Å². The smallest absolute Gasteiger partial charge is 0.348 e. The quantitative estimate of drug-likeness (QED) is 0.464. The number of carbonyl (C=O) groups excluding carboxylic acids is 2. The number of cyclic esters (lactones) is 2. The molecule has 0 aliphatic carbocycles. The maximum atomic E-state index is 11.8. The average molecular weight is 268 g/mol. The van der Waals surface area contributed by atoms with E-state index >= 15 is 0 Å². The number of esters is 2. The van der Waals surface area contributed by atoms with Gasteiger partial charge in [-0.3, -0.25) is 0 Å². The Morgan fingerprint density at radius 2 is 1.79 bits per heavy atom. The summed E-state index contributed by atoms with van der Waals surface area (Å²) in [5.41, 5.74) is 3.14. The Labute approximate surface area is 113 Å². The summed E-state index contributed by atoms with van der Waals surface area (Å²) in [4.78, 5) is 25.4. The van der Waals surface area contributed by atoms with E-state index in [0.29, 0.717) is 11.1 Å². The molecule has 2 aromatic rings. The van der Waals surface area contributed by atoms with Crippen LogP contribution in [-0.4, -0.2) is 11.9 Å². The van der Waals surface area contributed by atoms with E-state index in [4.69, 9.17) is 4.74 Å². The zero-order chi connectivity index (χ0) is 13.0.